The molecule has 0 spiro atoms. The maximum absolute atomic E-state index is 13.1. The molecule has 0 fully saturated rings. The number of anilines is 1. The second-order valence-electron chi connectivity index (χ2n) is 7.04. The van der Waals surface area contributed by atoms with E-state index in [0.29, 0.717) is 11.6 Å². The molecule has 1 unspecified atom stereocenters. The Morgan fingerprint density at radius 1 is 0.967 bits per heavy atom. The summed E-state index contributed by atoms with van der Waals surface area (Å²) in [5.41, 5.74) is 4.45. The van der Waals surface area contributed by atoms with Crippen molar-refractivity contribution in [2.75, 3.05) is 5.32 Å². The minimum absolute atomic E-state index is 0.243. The molecule has 0 saturated heterocycles. The molecule has 1 atom stereocenters. The van der Waals surface area contributed by atoms with Crippen LogP contribution in [0.2, 0.25) is 0 Å². The summed E-state index contributed by atoms with van der Waals surface area (Å²) >= 11 is 0. The predicted molar refractivity (Wildman–Crippen MR) is 114 cm³/mol. The van der Waals surface area contributed by atoms with Gasteiger partial charge in [-0.1, -0.05) is 36.4 Å². The number of nitrogens with one attached hydrogen (secondary N) is 1. The molecule has 1 N–H and O–H groups in total. The van der Waals surface area contributed by atoms with Crippen molar-refractivity contribution in [2.45, 2.75) is 20.0 Å². The molecule has 0 saturated carbocycles. The van der Waals surface area contributed by atoms with Crippen molar-refractivity contribution in [3.63, 3.8) is 0 Å². The van der Waals surface area contributed by atoms with Crippen LogP contribution in [0.4, 0.5) is 5.69 Å². The molecule has 0 radical (unpaired) electrons. The fraction of sp³-hybridized carbons (Fsp3) is 0.125. The van der Waals surface area contributed by atoms with E-state index in [9.17, 15) is 4.79 Å². The highest BCUT2D eigenvalue weighted by molar-refractivity contribution is 5.95. The van der Waals surface area contributed by atoms with Crippen LogP contribution in [0.1, 0.15) is 22.8 Å². The summed E-state index contributed by atoms with van der Waals surface area (Å²) in [4.78, 5) is 13.1. The van der Waals surface area contributed by atoms with Crippen molar-refractivity contribution < 1.29 is 13.9 Å². The fourth-order valence-corrected chi connectivity index (χ4v) is 3.27. The van der Waals surface area contributed by atoms with Gasteiger partial charge in [-0.25, -0.2) is 0 Å². The highest BCUT2D eigenvalue weighted by Crippen LogP contribution is 2.26. The first kappa shape index (κ1) is 19.4. The maximum atomic E-state index is 13.1. The number of benzene rings is 3. The molecule has 4 rings (SSSR count). The number of ether oxygens (including phenoxy) is 1. The van der Waals surface area contributed by atoms with Gasteiger partial charge < -0.3 is 14.5 Å². The molecule has 0 aliphatic carbocycles. The molecule has 0 bridgehead atoms. The third kappa shape index (κ3) is 4.55. The molecule has 1 amide bonds. The number of carbonyl (C=O) groups excluding carboxylic acids is 1. The Kier molecular flexibility index (Phi) is 5.57. The highest BCUT2D eigenvalue weighted by atomic mass is 16.5. The van der Waals surface area contributed by atoms with E-state index >= 15 is 0 Å². The van der Waals surface area contributed by atoms with Crippen molar-refractivity contribution in [3.8, 4) is 17.2 Å². The quantitative estimate of drug-likeness (QED) is 0.487. The molecule has 1 heterocycles. The number of hydrogen-bond acceptors (Lipinski definition) is 5. The lowest BCUT2D eigenvalue weighted by atomic mass is 10.1. The van der Waals surface area contributed by atoms with Crippen LogP contribution < -0.4 is 10.1 Å². The van der Waals surface area contributed by atoms with E-state index < -0.39 is 6.10 Å². The number of nitrogens with zero attached hydrogens (tertiary/aromatic N) is 2. The van der Waals surface area contributed by atoms with E-state index in [1.54, 1.807) is 12.1 Å². The smallest absolute Gasteiger partial charge is 0.270 e. The van der Waals surface area contributed by atoms with E-state index in [1.807, 2.05) is 68.4 Å². The summed E-state index contributed by atoms with van der Waals surface area (Å²) in [5.74, 6) is 0.739. The Morgan fingerprint density at radius 3 is 2.30 bits per heavy atom. The van der Waals surface area contributed by atoms with E-state index in [4.69, 9.17) is 9.15 Å². The largest absolute Gasteiger partial charge is 0.476 e. The van der Waals surface area contributed by atoms with Crippen molar-refractivity contribution in [2.24, 2.45) is 0 Å². The number of hydrogen-bond donors (Lipinski definition) is 1. The standard InChI is InChI=1S/C24H21N3O3/c1-16-12-17(2)14-20(13-16)26-23(28)22(18-6-4-3-5-7-18)30-21-10-8-19(9-11-21)24-27-25-15-29-24/h3-15,22H,1-2H3,(H,26,28). The van der Waals surface area contributed by atoms with Gasteiger partial charge in [0.1, 0.15) is 5.75 Å². The first-order valence-electron chi connectivity index (χ1n) is 9.56. The van der Waals surface area contributed by atoms with Gasteiger partial charge in [-0.2, -0.15) is 0 Å². The summed E-state index contributed by atoms with van der Waals surface area (Å²) in [7, 11) is 0. The number of aromatic nitrogens is 2. The molecule has 3 aromatic carbocycles. The Hall–Kier alpha value is -3.93. The average molecular weight is 399 g/mol. The monoisotopic (exact) mass is 399 g/mol. The normalized spacial score (nSPS) is 11.7. The molecule has 0 aliphatic rings. The lowest BCUT2D eigenvalue weighted by Gasteiger charge is -2.20. The van der Waals surface area contributed by atoms with Gasteiger partial charge in [0.2, 0.25) is 18.4 Å². The van der Waals surface area contributed by atoms with Crippen LogP contribution in [0.25, 0.3) is 11.5 Å². The first-order chi connectivity index (χ1) is 14.6. The summed E-state index contributed by atoms with van der Waals surface area (Å²) in [6, 6.07) is 22.5. The van der Waals surface area contributed by atoms with Crippen LogP contribution in [0.5, 0.6) is 5.75 Å². The molecule has 150 valence electrons. The maximum Gasteiger partial charge on any atom is 0.270 e. The second-order valence-corrected chi connectivity index (χ2v) is 7.04. The van der Waals surface area contributed by atoms with Crippen LogP contribution in [0.15, 0.2) is 83.6 Å². The number of amides is 1. The SMILES string of the molecule is Cc1cc(C)cc(NC(=O)C(Oc2ccc(-c3nnco3)cc2)c2ccccc2)c1. The van der Waals surface area contributed by atoms with Crippen LogP contribution in [-0.2, 0) is 4.79 Å². The van der Waals surface area contributed by atoms with Crippen molar-refractivity contribution in [3.05, 3.63) is 95.9 Å². The van der Waals surface area contributed by atoms with Crippen molar-refractivity contribution in [1.29, 1.82) is 0 Å². The van der Waals surface area contributed by atoms with Gasteiger partial charge in [-0.05, 0) is 61.4 Å². The Labute approximate surface area is 174 Å². The van der Waals surface area contributed by atoms with E-state index in [2.05, 4.69) is 21.6 Å². The molecule has 1 aromatic heterocycles. The predicted octanol–water partition coefficient (Wildman–Crippen LogP) is 5.11. The lowest BCUT2D eigenvalue weighted by Crippen LogP contribution is -2.25. The van der Waals surface area contributed by atoms with Crippen LogP contribution >= 0.6 is 0 Å². The second kappa shape index (κ2) is 8.61. The Morgan fingerprint density at radius 2 is 1.67 bits per heavy atom. The van der Waals surface area contributed by atoms with E-state index in [0.717, 1.165) is 27.9 Å². The van der Waals surface area contributed by atoms with Gasteiger partial charge in [-0.3, -0.25) is 4.79 Å². The molecular weight excluding hydrogens is 378 g/mol. The first-order valence-corrected chi connectivity index (χ1v) is 9.56. The van der Waals surface area contributed by atoms with Gasteiger partial charge in [0, 0.05) is 16.8 Å². The van der Waals surface area contributed by atoms with Crippen LogP contribution in [0.3, 0.4) is 0 Å². The zero-order valence-electron chi connectivity index (χ0n) is 16.7. The summed E-state index contributed by atoms with van der Waals surface area (Å²) in [6.45, 7) is 4.00. The van der Waals surface area contributed by atoms with Gasteiger partial charge >= 0.3 is 0 Å². The van der Waals surface area contributed by atoms with Crippen molar-refractivity contribution in [1.82, 2.24) is 10.2 Å². The molecule has 30 heavy (non-hydrogen) atoms. The zero-order chi connectivity index (χ0) is 20.9. The van der Waals surface area contributed by atoms with Gasteiger partial charge in [0.15, 0.2) is 0 Å². The third-order valence-corrected chi connectivity index (χ3v) is 4.54. The average Bonchev–Trinajstić information content (AvgIpc) is 3.27. The fourth-order valence-electron chi connectivity index (χ4n) is 3.27. The van der Waals surface area contributed by atoms with Crippen LogP contribution in [-0.4, -0.2) is 16.1 Å². The number of carbonyl (C=O) groups is 1. The summed E-state index contributed by atoms with van der Waals surface area (Å²) < 4.78 is 11.3. The molecule has 6 nitrogen and oxygen atoms in total. The summed E-state index contributed by atoms with van der Waals surface area (Å²) in [5, 5.41) is 10.6. The minimum atomic E-state index is -0.804. The van der Waals surface area contributed by atoms with Crippen molar-refractivity contribution >= 4 is 11.6 Å². The van der Waals surface area contributed by atoms with Gasteiger partial charge in [0.25, 0.3) is 5.91 Å². The van der Waals surface area contributed by atoms with Gasteiger partial charge in [-0.15, -0.1) is 10.2 Å². The highest BCUT2D eigenvalue weighted by Gasteiger charge is 2.23. The molecule has 6 heteroatoms. The molecule has 0 aliphatic heterocycles. The topological polar surface area (TPSA) is 77.2 Å². The Balaban J connectivity index is 1.58. The third-order valence-electron chi connectivity index (χ3n) is 4.54. The summed E-state index contributed by atoms with van der Waals surface area (Å²) in [6.07, 6.45) is 0.476. The molecular formula is C24H21N3O3. The van der Waals surface area contributed by atoms with E-state index in [1.165, 1.54) is 6.39 Å². The zero-order valence-corrected chi connectivity index (χ0v) is 16.7. The van der Waals surface area contributed by atoms with Crippen LogP contribution in [0, 0.1) is 13.8 Å². The Bertz CT molecular complexity index is 1100. The van der Waals surface area contributed by atoms with Gasteiger partial charge in [0.05, 0.1) is 0 Å². The number of aryl methyl sites for hydroxylation is 2. The lowest BCUT2D eigenvalue weighted by molar-refractivity contribution is -0.123. The van der Waals surface area contributed by atoms with E-state index in [-0.39, 0.29) is 5.91 Å². The molecule has 4 aromatic rings. The number of rotatable bonds is 6. The minimum Gasteiger partial charge on any atom is -0.476 e.